The molecule has 2 heterocycles. The molecule has 0 aliphatic carbocycles. The molecule has 3 rings (SSSR count). The minimum atomic E-state index is 0.229. The van der Waals surface area contributed by atoms with Gasteiger partial charge in [-0.3, -0.25) is 9.69 Å². The molecule has 4 heteroatoms. The van der Waals surface area contributed by atoms with E-state index in [1.807, 2.05) is 0 Å². The van der Waals surface area contributed by atoms with Gasteiger partial charge in [-0.1, -0.05) is 30.3 Å². The molecular weight excluding hydrogens is 274 g/mol. The fourth-order valence-corrected chi connectivity index (χ4v) is 3.58. The van der Waals surface area contributed by atoms with Crippen molar-refractivity contribution >= 4 is 5.91 Å². The summed E-state index contributed by atoms with van der Waals surface area (Å²) in [5.74, 6) is 0.612. The average Bonchev–Trinajstić information content (AvgIpc) is 2.56. The number of piperidine rings is 1. The quantitative estimate of drug-likeness (QED) is 0.923. The summed E-state index contributed by atoms with van der Waals surface area (Å²) in [4.78, 5) is 17.3. The maximum Gasteiger partial charge on any atom is 0.226 e. The normalized spacial score (nSPS) is 24.4. The predicted octanol–water partition coefficient (Wildman–Crippen LogP) is 1.72. The number of benzene rings is 1. The zero-order chi connectivity index (χ0) is 15.4. The molecule has 1 atom stereocenters. The summed E-state index contributed by atoms with van der Waals surface area (Å²) in [6.45, 7) is 7.95. The lowest BCUT2D eigenvalue weighted by atomic mass is 9.94. The van der Waals surface area contributed by atoms with Gasteiger partial charge in [0.15, 0.2) is 0 Å². The molecule has 1 aromatic carbocycles. The summed E-state index contributed by atoms with van der Waals surface area (Å²) in [6.07, 6.45) is 2.00. The molecule has 22 heavy (non-hydrogen) atoms. The number of hydrogen-bond acceptors (Lipinski definition) is 3. The second-order valence-corrected chi connectivity index (χ2v) is 6.62. The minimum Gasteiger partial charge on any atom is -0.337 e. The Hall–Kier alpha value is -1.39. The monoisotopic (exact) mass is 301 g/mol. The van der Waals surface area contributed by atoms with Gasteiger partial charge >= 0.3 is 0 Å². The molecule has 0 aromatic heterocycles. The molecular formula is C18H27N3O. The molecule has 0 unspecified atom stereocenters. The molecule has 1 N–H and O–H groups in total. The second-order valence-electron chi connectivity index (χ2n) is 6.62. The molecule has 4 nitrogen and oxygen atoms in total. The lowest BCUT2D eigenvalue weighted by molar-refractivity contribution is -0.140. The van der Waals surface area contributed by atoms with Crippen molar-refractivity contribution in [2.75, 3.05) is 32.7 Å². The molecule has 2 aliphatic heterocycles. The maximum absolute atomic E-state index is 12.7. The van der Waals surface area contributed by atoms with Crippen molar-refractivity contribution in [3.8, 4) is 0 Å². The highest BCUT2D eigenvalue weighted by atomic mass is 16.2. The third kappa shape index (κ3) is 3.68. The highest BCUT2D eigenvalue weighted by molar-refractivity contribution is 5.79. The van der Waals surface area contributed by atoms with E-state index in [-0.39, 0.29) is 5.92 Å². The van der Waals surface area contributed by atoms with Gasteiger partial charge in [-0.15, -0.1) is 0 Å². The topological polar surface area (TPSA) is 35.6 Å². The van der Waals surface area contributed by atoms with E-state index in [1.165, 1.54) is 5.56 Å². The van der Waals surface area contributed by atoms with Gasteiger partial charge in [0, 0.05) is 38.1 Å². The standard InChI is InChI=1S/C18H27N3O/c1-15-13-19-9-12-21(15)18(22)17-7-10-20(11-8-17)14-16-5-3-2-4-6-16/h2-6,15,17,19H,7-14H2,1H3/t15-/m1/s1. The summed E-state index contributed by atoms with van der Waals surface area (Å²) >= 11 is 0. The summed E-state index contributed by atoms with van der Waals surface area (Å²) in [7, 11) is 0. The number of piperazine rings is 1. The van der Waals surface area contributed by atoms with E-state index < -0.39 is 0 Å². The third-order valence-corrected chi connectivity index (χ3v) is 4.97. The highest BCUT2D eigenvalue weighted by Gasteiger charge is 2.31. The Morgan fingerprint density at radius 2 is 1.91 bits per heavy atom. The maximum atomic E-state index is 12.7. The van der Waals surface area contributed by atoms with Crippen LogP contribution in [0.15, 0.2) is 30.3 Å². The van der Waals surface area contributed by atoms with Crippen LogP contribution in [0.4, 0.5) is 0 Å². The Labute approximate surface area is 133 Å². The zero-order valence-electron chi connectivity index (χ0n) is 13.5. The first-order chi connectivity index (χ1) is 10.7. The summed E-state index contributed by atoms with van der Waals surface area (Å²) in [6, 6.07) is 10.9. The number of carbonyl (C=O) groups excluding carboxylic acids is 1. The lowest BCUT2D eigenvalue weighted by Gasteiger charge is -2.39. The van der Waals surface area contributed by atoms with Crippen LogP contribution in [0.5, 0.6) is 0 Å². The Morgan fingerprint density at radius 3 is 2.59 bits per heavy atom. The van der Waals surface area contributed by atoms with E-state index >= 15 is 0 Å². The van der Waals surface area contributed by atoms with E-state index in [2.05, 4.69) is 52.4 Å². The average molecular weight is 301 g/mol. The van der Waals surface area contributed by atoms with Gasteiger partial charge in [-0.25, -0.2) is 0 Å². The number of likely N-dealkylation sites (tertiary alicyclic amines) is 1. The second kappa shape index (κ2) is 7.25. The largest absolute Gasteiger partial charge is 0.337 e. The van der Waals surface area contributed by atoms with Crippen LogP contribution in [-0.2, 0) is 11.3 Å². The van der Waals surface area contributed by atoms with Crippen LogP contribution in [0.2, 0.25) is 0 Å². The number of hydrogen-bond donors (Lipinski definition) is 1. The van der Waals surface area contributed by atoms with Crippen molar-refractivity contribution in [2.45, 2.75) is 32.4 Å². The van der Waals surface area contributed by atoms with Gasteiger partial charge < -0.3 is 10.2 Å². The van der Waals surface area contributed by atoms with Crippen LogP contribution in [0, 0.1) is 5.92 Å². The first-order valence-corrected chi connectivity index (χ1v) is 8.51. The molecule has 120 valence electrons. The molecule has 0 bridgehead atoms. The SMILES string of the molecule is C[C@@H]1CNCCN1C(=O)C1CCN(Cc2ccccc2)CC1. The third-order valence-electron chi connectivity index (χ3n) is 4.97. The predicted molar refractivity (Wildman–Crippen MR) is 88.5 cm³/mol. The van der Waals surface area contributed by atoms with E-state index in [9.17, 15) is 4.79 Å². The van der Waals surface area contributed by atoms with Crippen LogP contribution in [-0.4, -0.2) is 54.5 Å². The van der Waals surface area contributed by atoms with E-state index in [4.69, 9.17) is 0 Å². The van der Waals surface area contributed by atoms with E-state index in [0.29, 0.717) is 11.9 Å². The van der Waals surface area contributed by atoms with E-state index in [1.54, 1.807) is 0 Å². The smallest absolute Gasteiger partial charge is 0.226 e. The number of rotatable bonds is 3. The van der Waals surface area contributed by atoms with Gasteiger partial charge in [0.2, 0.25) is 5.91 Å². The first kappa shape index (κ1) is 15.5. The zero-order valence-corrected chi connectivity index (χ0v) is 13.5. The minimum absolute atomic E-state index is 0.229. The summed E-state index contributed by atoms with van der Waals surface area (Å²) < 4.78 is 0. The van der Waals surface area contributed by atoms with Crippen molar-refractivity contribution in [1.82, 2.24) is 15.1 Å². The Bertz CT molecular complexity index is 482. The number of amides is 1. The van der Waals surface area contributed by atoms with Crippen molar-refractivity contribution < 1.29 is 4.79 Å². The fraction of sp³-hybridized carbons (Fsp3) is 0.611. The van der Waals surface area contributed by atoms with Gasteiger partial charge in [0.05, 0.1) is 0 Å². The summed E-state index contributed by atoms with van der Waals surface area (Å²) in [5.41, 5.74) is 1.36. The number of carbonyl (C=O) groups is 1. The van der Waals surface area contributed by atoms with E-state index in [0.717, 1.165) is 52.1 Å². The molecule has 0 radical (unpaired) electrons. The van der Waals surface area contributed by atoms with Crippen molar-refractivity contribution in [2.24, 2.45) is 5.92 Å². The van der Waals surface area contributed by atoms with Crippen LogP contribution in [0.3, 0.4) is 0 Å². The molecule has 2 aliphatic rings. The Balaban J connectivity index is 1.50. The molecule has 1 aromatic rings. The summed E-state index contributed by atoms with van der Waals surface area (Å²) in [5, 5.41) is 3.35. The molecule has 0 spiro atoms. The van der Waals surface area contributed by atoms with Crippen molar-refractivity contribution in [1.29, 1.82) is 0 Å². The van der Waals surface area contributed by atoms with Crippen LogP contribution >= 0.6 is 0 Å². The fourth-order valence-electron chi connectivity index (χ4n) is 3.58. The van der Waals surface area contributed by atoms with Gasteiger partial charge in [0.1, 0.15) is 0 Å². The first-order valence-electron chi connectivity index (χ1n) is 8.51. The highest BCUT2D eigenvalue weighted by Crippen LogP contribution is 2.22. The van der Waals surface area contributed by atoms with Crippen molar-refractivity contribution in [3.63, 3.8) is 0 Å². The van der Waals surface area contributed by atoms with Gasteiger partial charge in [0.25, 0.3) is 0 Å². The number of nitrogens with one attached hydrogen (secondary N) is 1. The molecule has 1 amide bonds. The lowest BCUT2D eigenvalue weighted by Crippen LogP contribution is -2.54. The van der Waals surface area contributed by atoms with Gasteiger partial charge in [-0.05, 0) is 38.4 Å². The Kier molecular flexibility index (Phi) is 5.11. The molecule has 0 saturated carbocycles. The van der Waals surface area contributed by atoms with Gasteiger partial charge in [-0.2, -0.15) is 0 Å². The number of nitrogens with zero attached hydrogens (tertiary/aromatic N) is 2. The Morgan fingerprint density at radius 1 is 1.18 bits per heavy atom. The van der Waals surface area contributed by atoms with Crippen LogP contribution in [0.1, 0.15) is 25.3 Å². The molecule has 2 saturated heterocycles. The van der Waals surface area contributed by atoms with Crippen LogP contribution < -0.4 is 5.32 Å². The van der Waals surface area contributed by atoms with Crippen LogP contribution in [0.25, 0.3) is 0 Å². The molecule has 2 fully saturated rings. The van der Waals surface area contributed by atoms with Crippen molar-refractivity contribution in [3.05, 3.63) is 35.9 Å².